The third kappa shape index (κ3) is 42.5. The van der Waals surface area contributed by atoms with Crippen LogP contribution in [0.2, 0.25) is 0 Å². The summed E-state index contributed by atoms with van der Waals surface area (Å²) in [6.07, 6.45) is 38.4. The molecule has 0 saturated heterocycles. The van der Waals surface area contributed by atoms with Crippen LogP contribution in [0.1, 0.15) is 162 Å². The summed E-state index contributed by atoms with van der Waals surface area (Å²) in [7, 11) is -9.70. The molecule has 5 N–H and O–H groups in total. The van der Waals surface area contributed by atoms with Crippen molar-refractivity contribution >= 4 is 27.6 Å². The van der Waals surface area contributed by atoms with Crippen LogP contribution in [0.3, 0.4) is 0 Å². The van der Waals surface area contributed by atoms with Gasteiger partial charge in [-0.15, -0.1) is 0 Å². The summed E-state index contributed by atoms with van der Waals surface area (Å²) in [6.45, 7) is 1.45. The Labute approximate surface area is 360 Å². The van der Waals surface area contributed by atoms with Crippen LogP contribution in [0.15, 0.2) is 60.8 Å². The van der Waals surface area contributed by atoms with Crippen molar-refractivity contribution in [3.63, 3.8) is 0 Å². The minimum atomic E-state index is -4.87. The molecule has 14 nitrogen and oxygen atoms in total. The van der Waals surface area contributed by atoms with E-state index in [0.29, 0.717) is 25.7 Å². The number of rotatable bonds is 41. The highest BCUT2D eigenvalue weighted by Gasteiger charge is 2.28. The molecular formula is C44H78O14P2. The Hall–Kier alpha value is -2.22. The first kappa shape index (κ1) is 57.8. The summed E-state index contributed by atoms with van der Waals surface area (Å²) in [5, 5.41) is 19.5. The zero-order valence-electron chi connectivity index (χ0n) is 36.4. The molecule has 0 aromatic heterocycles. The van der Waals surface area contributed by atoms with Crippen molar-refractivity contribution in [2.45, 2.75) is 180 Å². The minimum absolute atomic E-state index is 0.0984. The van der Waals surface area contributed by atoms with Crippen molar-refractivity contribution in [2.24, 2.45) is 0 Å². The molecule has 16 heteroatoms. The highest BCUT2D eigenvalue weighted by atomic mass is 31.2. The Balaban J connectivity index is 4.62. The van der Waals surface area contributed by atoms with E-state index < -0.39 is 72.3 Å². The molecule has 0 saturated carbocycles. The van der Waals surface area contributed by atoms with Gasteiger partial charge in [-0.3, -0.25) is 23.2 Å². The van der Waals surface area contributed by atoms with Crippen molar-refractivity contribution < 1.29 is 66.7 Å². The predicted molar refractivity (Wildman–Crippen MR) is 236 cm³/mol. The fourth-order valence-electron chi connectivity index (χ4n) is 5.64. The lowest BCUT2D eigenvalue weighted by molar-refractivity contribution is -0.161. The first-order valence-electron chi connectivity index (χ1n) is 22.1. The number of esters is 2. The van der Waals surface area contributed by atoms with Gasteiger partial charge in [0, 0.05) is 12.8 Å². The topological polar surface area (TPSA) is 216 Å². The molecule has 60 heavy (non-hydrogen) atoms. The van der Waals surface area contributed by atoms with E-state index >= 15 is 0 Å². The van der Waals surface area contributed by atoms with Gasteiger partial charge in [0.2, 0.25) is 0 Å². The average Bonchev–Trinajstić information content (AvgIpc) is 3.20. The van der Waals surface area contributed by atoms with E-state index in [9.17, 15) is 33.8 Å². The Kier molecular flexibility index (Phi) is 38.1. The van der Waals surface area contributed by atoms with E-state index in [1.165, 1.54) is 70.6 Å². The smallest absolute Gasteiger partial charge is 0.462 e. The van der Waals surface area contributed by atoms with Crippen molar-refractivity contribution in [1.82, 2.24) is 0 Å². The molecule has 0 aliphatic carbocycles. The molecule has 0 radical (unpaired) electrons. The summed E-state index contributed by atoms with van der Waals surface area (Å²) in [4.78, 5) is 52.7. The molecular weight excluding hydrogens is 814 g/mol. The highest BCUT2D eigenvalue weighted by Crippen LogP contribution is 2.43. The van der Waals surface area contributed by atoms with Crippen LogP contribution in [-0.2, 0) is 41.8 Å². The van der Waals surface area contributed by atoms with Crippen LogP contribution in [0, 0.1) is 0 Å². The van der Waals surface area contributed by atoms with E-state index in [1.54, 1.807) is 6.08 Å². The SMILES string of the molecule is CC/C=C\C(O)C/C=C/C=C\C/C=C\C/C=C\CCCC(=O)OC[C@H](COP(=O)(O)OC[C@@H](O)COP(=O)(O)O)OC(=O)CCCCCCCCCCCCCCCCC. The Bertz CT molecular complexity index is 1310. The molecule has 2 unspecified atom stereocenters. The normalized spacial score (nSPS) is 15.1. The summed E-state index contributed by atoms with van der Waals surface area (Å²) in [6, 6.07) is 0. The highest BCUT2D eigenvalue weighted by molar-refractivity contribution is 7.47. The fraction of sp³-hybridized carbons (Fsp3) is 0.727. The van der Waals surface area contributed by atoms with E-state index in [0.717, 1.165) is 38.5 Å². The lowest BCUT2D eigenvalue weighted by Gasteiger charge is -2.20. The van der Waals surface area contributed by atoms with E-state index in [2.05, 4.69) is 22.0 Å². The monoisotopic (exact) mass is 892 g/mol. The molecule has 348 valence electrons. The number of phosphoric ester groups is 2. The van der Waals surface area contributed by atoms with Gasteiger partial charge in [-0.1, -0.05) is 164 Å². The third-order valence-corrected chi connectivity index (χ3v) is 10.4. The molecule has 0 fully saturated rings. The maximum absolute atomic E-state index is 12.7. The molecule has 0 bridgehead atoms. The summed E-state index contributed by atoms with van der Waals surface area (Å²) < 4.78 is 47.7. The van der Waals surface area contributed by atoms with Gasteiger partial charge in [-0.2, -0.15) is 0 Å². The van der Waals surface area contributed by atoms with Gasteiger partial charge in [0.1, 0.15) is 12.7 Å². The molecule has 0 spiro atoms. The lowest BCUT2D eigenvalue weighted by Crippen LogP contribution is -2.30. The number of allylic oxidation sites excluding steroid dienone is 8. The number of aliphatic hydroxyl groups is 2. The molecule has 0 amide bonds. The second kappa shape index (κ2) is 39.6. The van der Waals surface area contributed by atoms with Gasteiger partial charge in [0.05, 0.1) is 25.9 Å². The van der Waals surface area contributed by atoms with Crippen molar-refractivity contribution in [1.29, 1.82) is 0 Å². The number of hydrogen-bond acceptors (Lipinski definition) is 11. The Morgan fingerprint density at radius 1 is 0.567 bits per heavy atom. The van der Waals surface area contributed by atoms with Crippen LogP contribution < -0.4 is 0 Å². The molecule has 0 rings (SSSR count). The number of phosphoric acid groups is 2. The number of hydrogen-bond donors (Lipinski definition) is 5. The number of carbonyl (C=O) groups is 2. The molecule has 0 aromatic rings. The second-order valence-corrected chi connectivity index (χ2v) is 17.5. The summed E-state index contributed by atoms with van der Waals surface area (Å²) in [5.74, 6) is -1.12. The van der Waals surface area contributed by atoms with E-state index in [4.69, 9.17) is 23.8 Å². The van der Waals surface area contributed by atoms with Crippen LogP contribution in [0.25, 0.3) is 0 Å². The largest absolute Gasteiger partial charge is 0.472 e. The van der Waals surface area contributed by atoms with Gasteiger partial charge >= 0.3 is 27.6 Å². The second-order valence-electron chi connectivity index (χ2n) is 14.8. The van der Waals surface area contributed by atoms with Crippen LogP contribution in [0.4, 0.5) is 0 Å². The average molecular weight is 893 g/mol. The van der Waals surface area contributed by atoms with Crippen molar-refractivity contribution in [3.8, 4) is 0 Å². The van der Waals surface area contributed by atoms with Gasteiger partial charge in [0.25, 0.3) is 0 Å². The van der Waals surface area contributed by atoms with Crippen molar-refractivity contribution in [3.05, 3.63) is 60.8 Å². The molecule has 0 heterocycles. The van der Waals surface area contributed by atoms with E-state index in [-0.39, 0.29) is 12.8 Å². The number of ether oxygens (including phenoxy) is 2. The quantitative estimate of drug-likeness (QED) is 0.0127. The summed E-state index contributed by atoms with van der Waals surface area (Å²) >= 11 is 0. The van der Waals surface area contributed by atoms with Crippen LogP contribution >= 0.6 is 15.6 Å². The first-order chi connectivity index (χ1) is 28.8. The Morgan fingerprint density at radius 2 is 1.08 bits per heavy atom. The summed E-state index contributed by atoms with van der Waals surface area (Å²) in [5.41, 5.74) is 0. The fourth-order valence-corrected chi connectivity index (χ4v) is 6.80. The molecule has 0 aromatic carbocycles. The zero-order chi connectivity index (χ0) is 44.6. The van der Waals surface area contributed by atoms with Gasteiger partial charge in [0.15, 0.2) is 6.10 Å². The molecule has 0 aliphatic rings. The molecule has 4 atom stereocenters. The minimum Gasteiger partial charge on any atom is -0.462 e. The van der Waals surface area contributed by atoms with E-state index in [1.807, 2.05) is 55.5 Å². The number of carbonyl (C=O) groups excluding carboxylic acids is 2. The maximum atomic E-state index is 12.7. The van der Waals surface area contributed by atoms with Gasteiger partial charge in [-0.25, -0.2) is 9.13 Å². The van der Waals surface area contributed by atoms with Gasteiger partial charge in [-0.05, 0) is 44.9 Å². The lowest BCUT2D eigenvalue weighted by atomic mass is 10.0. The zero-order valence-corrected chi connectivity index (χ0v) is 38.2. The Morgan fingerprint density at radius 3 is 1.68 bits per heavy atom. The van der Waals surface area contributed by atoms with Crippen LogP contribution in [0.5, 0.6) is 0 Å². The first-order valence-corrected chi connectivity index (χ1v) is 25.1. The number of unbranched alkanes of at least 4 members (excludes halogenated alkanes) is 15. The maximum Gasteiger partial charge on any atom is 0.472 e. The van der Waals surface area contributed by atoms with Crippen LogP contribution in [-0.4, -0.2) is 81.6 Å². The number of aliphatic hydroxyl groups excluding tert-OH is 2. The van der Waals surface area contributed by atoms with Crippen molar-refractivity contribution in [2.75, 3.05) is 26.4 Å². The standard InChI is InChI=1S/C44H78O14P2/c1-3-5-7-8-9-10-11-12-13-14-19-22-25-28-31-35-44(48)58-42(39-57-60(52,53)56-37-41(46)36-55-59(49,50)51)38-54-43(47)34-30-27-24-21-18-16-15-17-20-23-26-29-33-40(45)32-6-4-2/h6,15-16,20-21,23-24,26,29,32,40-42,45-46H,3-5,7-14,17-19,22,25,27-28,30-31,33-39H2,1-2H3,(H,52,53)(H2,49,50,51)/b16-15-,23-20-,24-21-,29-26+,32-6-/t40?,41-,42+/m0/s1. The molecule has 0 aliphatic heterocycles. The predicted octanol–water partition coefficient (Wildman–Crippen LogP) is 10.2. The van der Waals surface area contributed by atoms with Gasteiger partial charge < -0.3 is 34.4 Å². The third-order valence-electron chi connectivity index (χ3n) is 8.99.